The van der Waals surface area contributed by atoms with Crippen molar-refractivity contribution in [1.29, 1.82) is 0 Å². The Balaban J connectivity index is 0.00000192. The highest BCUT2D eigenvalue weighted by Crippen LogP contribution is 2.42. The minimum Gasteiger partial charge on any atom is -0.343 e. The van der Waals surface area contributed by atoms with Gasteiger partial charge in [-0.1, -0.05) is 38.5 Å². The number of hydrogen-bond donors (Lipinski definition) is 1. The summed E-state index contributed by atoms with van der Waals surface area (Å²) >= 11 is 0. The summed E-state index contributed by atoms with van der Waals surface area (Å²) < 4.78 is 0. The van der Waals surface area contributed by atoms with E-state index in [2.05, 4.69) is 11.9 Å². The topological polar surface area (TPSA) is 46.3 Å². The Labute approximate surface area is 148 Å². The highest BCUT2D eigenvalue weighted by atomic mass is 35.5. The molecule has 2 unspecified atom stereocenters. The lowest BCUT2D eigenvalue weighted by Crippen LogP contribution is -2.50. The Morgan fingerprint density at radius 2 is 1.39 bits per heavy atom. The molecule has 4 heteroatoms. The van der Waals surface area contributed by atoms with E-state index in [0.29, 0.717) is 29.8 Å². The van der Waals surface area contributed by atoms with E-state index in [-0.39, 0.29) is 18.3 Å². The molecule has 23 heavy (non-hydrogen) atoms. The second-order valence-corrected chi connectivity index (χ2v) is 8.14. The zero-order valence-electron chi connectivity index (χ0n) is 14.7. The third kappa shape index (κ3) is 4.42. The number of fused-ring (bicyclic) bond motifs is 2. The molecule has 0 saturated heterocycles. The molecule has 0 aromatic rings. The third-order valence-corrected chi connectivity index (χ3v) is 6.73. The lowest BCUT2D eigenvalue weighted by atomic mass is 9.65. The van der Waals surface area contributed by atoms with Crippen LogP contribution in [0, 0.1) is 17.8 Å². The fraction of sp³-hybridized carbons (Fsp3) is 0.947. The van der Waals surface area contributed by atoms with Gasteiger partial charge in [0.25, 0.3) is 0 Å². The fourth-order valence-electron chi connectivity index (χ4n) is 5.28. The Kier molecular flexibility index (Phi) is 7.21. The number of carbonyl (C=O) groups is 1. The summed E-state index contributed by atoms with van der Waals surface area (Å²) in [5.41, 5.74) is 6.38. The van der Waals surface area contributed by atoms with Crippen LogP contribution in [0.25, 0.3) is 0 Å². The predicted molar refractivity (Wildman–Crippen MR) is 97.7 cm³/mol. The number of nitrogens with zero attached hydrogens (tertiary/aromatic N) is 1. The van der Waals surface area contributed by atoms with Crippen molar-refractivity contribution < 1.29 is 4.79 Å². The van der Waals surface area contributed by atoms with E-state index < -0.39 is 0 Å². The second kappa shape index (κ2) is 8.71. The van der Waals surface area contributed by atoms with Gasteiger partial charge >= 0.3 is 0 Å². The predicted octanol–water partition coefficient (Wildman–Crippen LogP) is 4.13. The highest BCUT2D eigenvalue weighted by molar-refractivity contribution is 5.85. The van der Waals surface area contributed by atoms with Gasteiger partial charge in [0.2, 0.25) is 5.91 Å². The summed E-state index contributed by atoms with van der Waals surface area (Å²) in [7, 11) is 2.07. The van der Waals surface area contributed by atoms with Gasteiger partial charge in [0.05, 0.1) is 0 Å². The summed E-state index contributed by atoms with van der Waals surface area (Å²) in [4.78, 5) is 15.1. The van der Waals surface area contributed by atoms with Crippen molar-refractivity contribution in [2.24, 2.45) is 23.5 Å². The molecule has 2 bridgehead atoms. The standard InChI is InChI=1S/C19H34N2O.ClH/c1-21(17-10-5-3-2-4-6-11-17)19(22)16-12-14-8-7-9-15(13-16)18(14)20;/h14-18H,2-13,20H2,1H3;1H. The van der Waals surface area contributed by atoms with Gasteiger partial charge in [0.15, 0.2) is 0 Å². The normalized spacial score (nSPS) is 35.6. The molecule has 0 aromatic carbocycles. The van der Waals surface area contributed by atoms with Crippen molar-refractivity contribution in [3.8, 4) is 0 Å². The van der Waals surface area contributed by atoms with E-state index in [1.54, 1.807) is 0 Å². The van der Waals surface area contributed by atoms with Crippen LogP contribution in [0.2, 0.25) is 0 Å². The van der Waals surface area contributed by atoms with E-state index in [1.807, 2.05) is 0 Å². The van der Waals surface area contributed by atoms with Gasteiger partial charge in [-0.25, -0.2) is 0 Å². The third-order valence-electron chi connectivity index (χ3n) is 6.73. The van der Waals surface area contributed by atoms with Crippen molar-refractivity contribution in [2.45, 2.75) is 89.1 Å². The fourth-order valence-corrected chi connectivity index (χ4v) is 5.28. The first-order valence-corrected chi connectivity index (χ1v) is 9.69. The van der Waals surface area contributed by atoms with Crippen LogP contribution in [0.5, 0.6) is 0 Å². The molecular weight excluding hydrogens is 308 g/mol. The minimum atomic E-state index is 0. The summed E-state index contributed by atoms with van der Waals surface area (Å²) in [5.74, 6) is 1.89. The summed E-state index contributed by atoms with van der Waals surface area (Å²) in [6.45, 7) is 0. The van der Waals surface area contributed by atoms with Crippen LogP contribution in [0.1, 0.15) is 77.0 Å². The molecule has 3 fully saturated rings. The number of carbonyl (C=O) groups excluding carboxylic acids is 1. The first kappa shape index (κ1) is 19.1. The average Bonchev–Trinajstić information content (AvgIpc) is 2.45. The van der Waals surface area contributed by atoms with Gasteiger partial charge < -0.3 is 10.6 Å². The quantitative estimate of drug-likeness (QED) is 0.820. The van der Waals surface area contributed by atoms with E-state index in [0.717, 1.165) is 12.8 Å². The number of nitrogens with two attached hydrogens (primary N) is 1. The molecular formula is C19H35ClN2O. The van der Waals surface area contributed by atoms with Crippen molar-refractivity contribution in [3.63, 3.8) is 0 Å². The van der Waals surface area contributed by atoms with E-state index in [9.17, 15) is 4.79 Å². The van der Waals surface area contributed by atoms with Crippen LogP contribution >= 0.6 is 12.4 Å². The smallest absolute Gasteiger partial charge is 0.225 e. The summed E-state index contributed by atoms with van der Waals surface area (Å²) in [6, 6.07) is 0.854. The Morgan fingerprint density at radius 1 is 0.870 bits per heavy atom. The van der Waals surface area contributed by atoms with Crippen LogP contribution in [0.15, 0.2) is 0 Å². The number of hydrogen-bond acceptors (Lipinski definition) is 2. The molecule has 3 rings (SSSR count). The highest BCUT2D eigenvalue weighted by Gasteiger charge is 2.41. The van der Waals surface area contributed by atoms with Crippen molar-refractivity contribution in [2.75, 3.05) is 7.05 Å². The van der Waals surface area contributed by atoms with Gasteiger partial charge in [0.1, 0.15) is 0 Å². The zero-order chi connectivity index (χ0) is 15.5. The molecule has 0 aliphatic heterocycles. The average molecular weight is 343 g/mol. The second-order valence-electron chi connectivity index (χ2n) is 8.14. The molecule has 2 atom stereocenters. The largest absolute Gasteiger partial charge is 0.343 e. The molecule has 0 spiro atoms. The maximum Gasteiger partial charge on any atom is 0.225 e. The van der Waals surface area contributed by atoms with Crippen LogP contribution < -0.4 is 5.73 Å². The summed E-state index contributed by atoms with van der Waals surface area (Å²) in [5, 5.41) is 0. The van der Waals surface area contributed by atoms with E-state index in [1.165, 1.54) is 64.2 Å². The lowest BCUT2D eigenvalue weighted by Gasteiger charge is -2.45. The zero-order valence-corrected chi connectivity index (χ0v) is 15.5. The number of amides is 1. The molecule has 0 aromatic heterocycles. The molecule has 134 valence electrons. The van der Waals surface area contributed by atoms with Crippen LogP contribution in [0.4, 0.5) is 0 Å². The maximum atomic E-state index is 13.0. The molecule has 3 nitrogen and oxygen atoms in total. The maximum absolute atomic E-state index is 13.0. The Morgan fingerprint density at radius 3 is 1.96 bits per heavy atom. The Bertz CT molecular complexity index is 368. The number of rotatable bonds is 2. The number of halogens is 1. The SMILES string of the molecule is CN(C(=O)C1CC2CCCC(C1)C2N)C1CCCCCCC1.Cl. The molecule has 3 aliphatic carbocycles. The van der Waals surface area contributed by atoms with Gasteiger partial charge in [-0.3, -0.25) is 4.79 Å². The first-order chi connectivity index (χ1) is 10.7. The van der Waals surface area contributed by atoms with Crippen LogP contribution in [-0.2, 0) is 4.79 Å². The molecule has 1 amide bonds. The van der Waals surface area contributed by atoms with Gasteiger partial charge in [0, 0.05) is 25.0 Å². The Hall–Kier alpha value is -0.280. The van der Waals surface area contributed by atoms with Crippen molar-refractivity contribution >= 4 is 18.3 Å². The van der Waals surface area contributed by atoms with Crippen molar-refractivity contribution in [3.05, 3.63) is 0 Å². The van der Waals surface area contributed by atoms with Gasteiger partial charge in [-0.2, -0.15) is 0 Å². The lowest BCUT2D eigenvalue weighted by molar-refractivity contribution is -0.139. The first-order valence-electron chi connectivity index (χ1n) is 9.69. The van der Waals surface area contributed by atoms with E-state index in [4.69, 9.17) is 5.73 Å². The molecule has 0 heterocycles. The molecule has 0 radical (unpaired) electrons. The molecule has 2 N–H and O–H groups in total. The monoisotopic (exact) mass is 342 g/mol. The summed E-state index contributed by atoms with van der Waals surface area (Å²) in [6.07, 6.45) is 15.0. The van der Waals surface area contributed by atoms with E-state index >= 15 is 0 Å². The minimum absolute atomic E-state index is 0. The molecule has 3 aliphatic rings. The van der Waals surface area contributed by atoms with Crippen molar-refractivity contribution in [1.82, 2.24) is 4.90 Å². The van der Waals surface area contributed by atoms with Gasteiger partial charge in [-0.05, 0) is 50.4 Å². The van der Waals surface area contributed by atoms with Crippen LogP contribution in [0.3, 0.4) is 0 Å². The van der Waals surface area contributed by atoms with Gasteiger partial charge in [-0.15, -0.1) is 12.4 Å². The molecule has 3 saturated carbocycles. The van der Waals surface area contributed by atoms with Crippen LogP contribution in [-0.4, -0.2) is 29.9 Å².